The number of amides is 2. The lowest BCUT2D eigenvalue weighted by Gasteiger charge is -2.41. The molecule has 6 rings (SSSR count). The number of aryl methyl sites for hydroxylation is 1. The van der Waals surface area contributed by atoms with Gasteiger partial charge in [-0.3, -0.25) is 9.59 Å². The molecule has 4 aliphatic heterocycles. The van der Waals surface area contributed by atoms with Crippen molar-refractivity contribution < 1.29 is 23.8 Å². The normalized spacial score (nSPS) is 36.0. The Bertz CT molecular complexity index is 866. The molecular weight excluding hydrogens is 396 g/mol. The number of nitrogens with zero attached hydrogens (tertiary/aromatic N) is 1. The molecule has 1 N–H and O–H groups in total. The van der Waals surface area contributed by atoms with Gasteiger partial charge in [0, 0.05) is 6.04 Å². The average Bonchev–Trinajstić information content (AvgIpc) is 3.01. The molecule has 3 fully saturated rings. The third-order valence-electron chi connectivity index (χ3n) is 7.50. The maximum absolute atomic E-state index is 13.4. The molecule has 1 aromatic carbocycles. The second kappa shape index (κ2) is 8.10. The Morgan fingerprint density at radius 1 is 1.13 bits per heavy atom. The number of rotatable bonds is 0. The molecular formula is C24H32N2O5. The van der Waals surface area contributed by atoms with E-state index in [1.54, 1.807) is 0 Å². The maximum Gasteiger partial charge on any atom is 0.261 e. The number of fused-ring (bicyclic) bond motifs is 5. The van der Waals surface area contributed by atoms with Crippen LogP contribution >= 0.6 is 0 Å². The number of nitrogens with one attached hydrogen (secondary N) is 1. The zero-order chi connectivity index (χ0) is 21.6. The lowest BCUT2D eigenvalue weighted by Crippen LogP contribution is -2.65. The van der Waals surface area contributed by atoms with Gasteiger partial charge >= 0.3 is 0 Å². The Hall–Kier alpha value is -2.12. The van der Waals surface area contributed by atoms with Gasteiger partial charge in [-0.25, -0.2) is 0 Å². The minimum absolute atomic E-state index is 0.0156. The van der Waals surface area contributed by atoms with Crippen molar-refractivity contribution in [1.29, 1.82) is 0 Å². The molecule has 5 aliphatic rings. The zero-order valence-corrected chi connectivity index (χ0v) is 18.4. The molecule has 3 atom stereocenters. The fraction of sp³-hybridized carbons (Fsp3) is 0.667. The van der Waals surface area contributed by atoms with Gasteiger partial charge in [0.05, 0.1) is 30.9 Å². The van der Waals surface area contributed by atoms with Crippen molar-refractivity contribution in [2.24, 2.45) is 0 Å². The van der Waals surface area contributed by atoms with Gasteiger partial charge < -0.3 is 24.4 Å². The molecule has 1 aliphatic carbocycles. The van der Waals surface area contributed by atoms with Gasteiger partial charge in [0.2, 0.25) is 5.91 Å². The van der Waals surface area contributed by atoms with E-state index >= 15 is 0 Å². The second-order valence-corrected chi connectivity index (χ2v) is 9.70. The van der Waals surface area contributed by atoms with Crippen LogP contribution in [0, 0.1) is 6.92 Å². The van der Waals surface area contributed by atoms with Crippen molar-refractivity contribution in [2.45, 2.75) is 75.6 Å². The molecule has 168 valence electrons. The number of hydrogen-bond donors (Lipinski definition) is 1. The maximum atomic E-state index is 13.4. The number of carbonyl (C=O) groups is 2. The minimum Gasteiger partial charge on any atom is -0.483 e. The van der Waals surface area contributed by atoms with E-state index in [1.165, 1.54) is 5.56 Å². The van der Waals surface area contributed by atoms with Crippen LogP contribution in [0.5, 0.6) is 5.75 Å². The summed E-state index contributed by atoms with van der Waals surface area (Å²) in [5.74, 6) is 1.06. The molecule has 0 aromatic heterocycles. The molecule has 2 bridgehead atoms. The van der Waals surface area contributed by atoms with Gasteiger partial charge in [-0.05, 0) is 69.1 Å². The van der Waals surface area contributed by atoms with E-state index in [2.05, 4.69) is 17.4 Å². The molecule has 31 heavy (non-hydrogen) atoms. The number of carbonyl (C=O) groups excluding carboxylic acids is 2. The van der Waals surface area contributed by atoms with E-state index in [4.69, 9.17) is 14.2 Å². The summed E-state index contributed by atoms with van der Waals surface area (Å²) in [7, 11) is 0. The Kier molecular flexibility index (Phi) is 5.42. The first-order chi connectivity index (χ1) is 14.9. The fourth-order valence-corrected chi connectivity index (χ4v) is 6.05. The Morgan fingerprint density at radius 3 is 2.71 bits per heavy atom. The molecule has 1 spiro atoms. The fourth-order valence-electron chi connectivity index (χ4n) is 6.05. The van der Waals surface area contributed by atoms with Crippen LogP contribution in [0.25, 0.3) is 0 Å². The molecule has 1 aromatic rings. The van der Waals surface area contributed by atoms with Crippen molar-refractivity contribution in [3.05, 3.63) is 29.3 Å². The quantitative estimate of drug-likeness (QED) is 0.686. The van der Waals surface area contributed by atoms with Crippen molar-refractivity contribution in [1.82, 2.24) is 10.2 Å². The predicted octanol–water partition coefficient (Wildman–Crippen LogP) is 2.30. The SMILES string of the molecule is Cc1ccc2c(c1)OCC(=O)N1[C@H](C)C[C@]3(COCC(=O)N3)[C@H]1COC1CCC2CC1. The monoisotopic (exact) mass is 428 g/mol. The first-order valence-corrected chi connectivity index (χ1v) is 11.5. The minimum atomic E-state index is -0.601. The summed E-state index contributed by atoms with van der Waals surface area (Å²) in [6, 6.07) is 6.03. The van der Waals surface area contributed by atoms with E-state index in [9.17, 15) is 9.59 Å². The second-order valence-electron chi connectivity index (χ2n) is 9.70. The smallest absolute Gasteiger partial charge is 0.261 e. The van der Waals surface area contributed by atoms with Crippen LogP contribution in [-0.2, 0) is 19.1 Å². The predicted molar refractivity (Wildman–Crippen MR) is 114 cm³/mol. The van der Waals surface area contributed by atoms with E-state index in [0.717, 1.165) is 37.0 Å². The van der Waals surface area contributed by atoms with E-state index in [-0.39, 0.29) is 43.2 Å². The number of ether oxygens (including phenoxy) is 3. The summed E-state index contributed by atoms with van der Waals surface area (Å²) in [4.78, 5) is 27.5. The molecule has 1 saturated carbocycles. The largest absolute Gasteiger partial charge is 0.483 e. The number of morpholine rings is 1. The third kappa shape index (κ3) is 3.82. The van der Waals surface area contributed by atoms with Gasteiger partial charge in [0.15, 0.2) is 6.61 Å². The average molecular weight is 429 g/mol. The zero-order valence-electron chi connectivity index (χ0n) is 18.4. The Morgan fingerprint density at radius 2 is 1.94 bits per heavy atom. The Labute approximate surface area is 183 Å². The van der Waals surface area contributed by atoms with Crippen LogP contribution in [0.1, 0.15) is 56.1 Å². The van der Waals surface area contributed by atoms with Gasteiger partial charge in [0.1, 0.15) is 12.4 Å². The van der Waals surface area contributed by atoms with Gasteiger partial charge in [-0.15, -0.1) is 0 Å². The van der Waals surface area contributed by atoms with E-state index in [0.29, 0.717) is 25.6 Å². The molecule has 2 amide bonds. The van der Waals surface area contributed by atoms with Gasteiger partial charge in [-0.2, -0.15) is 0 Å². The highest BCUT2D eigenvalue weighted by Crippen LogP contribution is 2.41. The van der Waals surface area contributed by atoms with Crippen LogP contribution in [0.2, 0.25) is 0 Å². The summed E-state index contributed by atoms with van der Waals surface area (Å²) < 4.78 is 18.2. The lowest BCUT2D eigenvalue weighted by molar-refractivity contribution is -0.145. The highest BCUT2D eigenvalue weighted by Gasteiger charge is 2.55. The van der Waals surface area contributed by atoms with Gasteiger partial charge in [-0.1, -0.05) is 12.1 Å². The van der Waals surface area contributed by atoms with Crippen molar-refractivity contribution in [2.75, 3.05) is 26.4 Å². The van der Waals surface area contributed by atoms with Crippen LogP contribution in [0.4, 0.5) is 0 Å². The van der Waals surface area contributed by atoms with E-state index < -0.39 is 5.54 Å². The molecule has 0 radical (unpaired) electrons. The Balaban J connectivity index is 1.48. The lowest BCUT2D eigenvalue weighted by atomic mass is 9.82. The molecule has 0 unspecified atom stereocenters. The van der Waals surface area contributed by atoms with Gasteiger partial charge in [0.25, 0.3) is 5.91 Å². The van der Waals surface area contributed by atoms with Crippen LogP contribution in [0.15, 0.2) is 18.2 Å². The summed E-state index contributed by atoms with van der Waals surface area (Å²) in [5.41, 5.74) is 1.73. The summed E-state index contributed by atoms with van der Waals surface area (Å²) in [6.07, 6.45) is 4.91. The van der Waals surface area contributed by atoms with E-state index in [1.807, 2.05) is 24.8 Å². The number of benzene rings is 1. The number of hydrogen-bond acceptors (Lipinski definition) is 5. The van der Waals surface area contributed by atoms with Crippen molar-refractivity contribution in [3.63, 3.8) is 0 Å². The standard InChI is InChI=1S/C24H32N2O5/c1-15-3-8-19-17-4-6-18(7-5-17)30-11-21-24(14-29-12-22(27)25-24)10-16(2)26(21)23(28)13-31-20(19)9-15/h3,8-9,16-18,21H,4-7,10-14H2,1-2H3,(H,25,27)/t16-,17?,18?,21-,24+/m1/s1. The summed E-state index contributed by atoms with van der Waals surface area (Å²) >= 11 is 0. The summed E-state index contributed by atoms with van der Waals surface area (Å²) in [5, 5.41) is 3.15. The highest BCUT2D eigenvalue weighted by atomic mass is 16.5. The van der Waals surface area contributed by atoms with Crippen molar-refractivity contribution in [3.8, 4) is 5.75 Å². The molecule has 4 heterocycles. The van der Waals surface area contributed by atoms with Crippen molar-refractivity contribution >= 4 is 11.8 Å². The molecule has 7 heteroatoms. The highest BCUT2D eigenvalue weighted by molar-refractivity contribution is 5.81. The van der Waals surface area contributed by atoms with Crippen LogP contribution in [-0.4, -0.2) is 66.9 Å². The summed E-state index contributed by atoms with van der Waals surface area (Å²) in [6.45, 7) is 4.94. The first kappa shape index (κ1) is 20.8. The molecule has 2 saturated heterocycles. The first-order valence-electron chi connectivity index (χ1n) is 11.5. The van der Waals surface area contributed by atoms with Crippen LogP contribution < -0.4 is 10.1 Å². The third-order valence-corrected chi connectivity index (χ3v) is 7.50. The molecule has 7 nitrogen and oxygen atoms in total. The topological polar surface area (TPSA) is 77.1 Å². The van der Waals surface area contributed by atoms with Crippen LogP contribution in [0.3, 0.4) is 0 Å².